The number of hydrogen-bond acceptors (Lipinski definition) is 3. The van der Waals surface area contributed by atoms with Gasteiger partial charge in [0.15, 0.2) is 0 Å². The SMILES string of the molecule is CCCCCCCCCCNc1ccnc(NCCC)c1. The van der Waals surface area contributed by atoms with Gasteiger partial charge >= 0.3 is 0 Å². The summed E-state index contributed by atoms with van der Waals surface area (Å²) in [5, 5.41) is 6.81. The fourth-order valence-electron chi connectivity index (χ4n) is 2.38. The van der Waals surface area contributed by atoms with Crippen molar-refractivity contribution in [3.63, 3.8) is 0 Å². The van der Waals surface area contributed by atoms with Gasteiger partial charge in [-0.25, -0.2) is 4.98 Å². The summed E-state index contributed by atoms with van der Waals surface area (Å²) in [6.45, 7) is 6.48. The van der Waals surface area contributed by atoms with Crippen LogP contribution in [0.2, 0.25) is 0 Å². The zero-order valence-corrected chi connectivity index (χ0v) is 14.0. The third-order valence-electron chi connectivity index (χ3n) is 3.68. The second-order valence-electron chi connectivity index (χ2n) is 5.76. The van der Waals surface area contributed by atoms with Crippen molar-refractivity contribution >= 4 is 11.5 Å². The van der Waals surface area contributed by atoms with Crippen LogP contribution in [0.4, 0.5) is 11.5 Å². The monoisotopic (exact) mass is 291 g/mol. The number of pyridine rings is 1. The van der Waals surface area contributed by atoms with Gasteiger partial charge in [-0.3, -0.25) is 0 Å². The van der Waals surface area contributed by atoms with Crippen LogP contribution < -0.4 is 10.6 Å². The summed E-state index contributed by atoms with van der Waals surface area (Å²) in [5.41, 5.74) is 1.17. The number of anilines is 2. The van der Waals surface area contributed by atoms with Crippen LogP contribution in [-0.2, 0) is 0 Å². The van der Waals surface area contributed by atoms with Gasteiger partial charge in [0.25, 0.3) is 0 Å². The Morgan fingerprint density at radius 2 is 1.52 bits per heavy atom. The standard InChI is InChI=1S/C18H33N3/c1-3-5-6-7-8-9-10-11-14-19-17-12-15-21-18(16-17)20-13-4-2/h12,15-16H,3-11,13-14H2,1-2H3,(H2,19,20,21). The molecule has 2 N–H and O–H groups in total. The van der Waals surface area contributed by atoms with Crippen molar-refractivity contribution in [3.05, 3.63) is 18.3 Å². The van der Waals surface area contributed by atoms with E-state index in [0.717, 1.165) is 25.3 Å². The van der Waals surface area contributed by atoms with E-state index in [1.54, 1.807) is 0 Å². The lowest BCUT2D eigenvalue weighted by atomic mass is 10.1. The number of nitrogens with one attached hydrogen (secondary N) is 2. The van der Waals surface area contributed by atoms with E-state index >= 15 is 0 Å². The van der Waals surface area contributed by atoms with E-state index in [4.69, 9.17) is 0 Å². The molecule has 0 aliphatic carbocycles. The molecule has 0 aliphatic heterocycles. The molecule has 0 saturated carbocycles. The van der Waals surface area contributed by atoms with Crippen LogP contribution in [0.15, 0.2) is 18.3 Å². The molecule has 0 unspecified atom stereocenters. The minimum absolute atomic E-state index is 0.970. The second-order valence-corrected chi connectivity index (χ2v) is 5.76. The van der Waals surface area contributed by atoms with Crippen LogP contribution in [-0.4, -0.2) is 18.1 Å². The number of nitrogens with zero attached hydrogens (tertiary/aromatic N) is 1. The number of aromatic nitrogens is 1. The number of hydrogen-bond donors (Lipinski definition) is 2. The molecular formula is C18H33N3. The molecule has 0 saturated heterocycles. The summed E-state index contributed by atoms with van der Waals surface area (Å²) >= 11 is 0. The fourth-order valence-corrected chi connectivity index (χ4v) is 2.38. The maximum absolute atomic E-state index is 4.32. The number of rotatable bonds is 13. The Hall–Kier alpha value is -1.25. The molecule has 0 spiro atoms. The maximum atomic E-state index is 4.32. The van der Waals surface area contributed by atoms with Crippen molar-refractivity contribution in [2.75, 3.05) is 23.7 Å². The molecule has 0 atom stereocenters. The molecule has 0 fully saturated rings. The molecule has 0 radical (unpaired) electrons. The Morgan fingerprint density at radius 3 is 2.24 bits per heavy atom. The predicted octanol–water partition coefficient (Wildman–Crippen LogP) is 5.46. The fraction of sp³-hybridized carbons (Fsp3) is 0.722. The highest BCUT2D eigenvalue weighted by Crippen LogP contribution is 2.13. The van der Waals surface area contributed by atoms with Gasteiger partial charge in [0.2, 0.25) is 0 Å². The molecule has 1 aromatic heterocycles. The largest absolute Gasteiger partial charge is 0.385 e. The van der Waals surface area contributed by atoms with Crippen molar-refractivity contribution in [3.8, 4) is 0 Å². The predicted molar refractivity (Wildman–Crippen MR) is 94.1 cm³/mol. The first-order valence-corrected chi connectivity index (χ1v) is 8.80. The van der Waals surface area contributed by atoms with E-state index in [1.165, 1.54) is 57.1 Å². The maximum Gasteiger partial charge on any atom is 0.127 e. The van der Waals surface area contributed by atoms with Crippen molar-refractivity contribution in [2.45, 2.75) is 71.6 Å². The van der Waals surface area contributed by atoms with Crippen LogP contribution in [0.1, 0.15) is 71.6 Å². The van der Waals surface area contributed by atoms with Crippen LogP contribution in [0.3, 0.4) is 0 Å². The van der Waals surface area contributed by atoms with E-state index in [-0.39, 0.29) is 0 Å². The zero-order chi connectivity index (χ0) is 15.2. The quantitative estimate of drug-likeness (QED) is 0.474. The van der Waals surface area contributed by atoms with E-state index < -0.39 is 0 Å². The Bertz CT molecular complexity index is 352. The first-order valence-electron chi connectivity index (χ1n) is 8.80. The molecule has 3 heteroatoms. The van der Waals surface area contributed by atoms with Crippen molar-refractivity contribution in [1.82, 2.24) is 4.98 Å². The zero-order valence-electron chi connectivity index (χ0n) is 14.0. The topological polar surface area (TPSA) is 37.0 Å². The Labute approximate surface area is 130 Å². The van der Waals surface area contributed by atoms with Gasteiger partial charge in [-0.2, -0.15) is 0 Å². The molecule has 1 rings (SSSR count). The van der Waals surface area contributed by atoms with E-state index in [0.29, 0.717) is 0 Å². The summed E-state index contributed by atoms with van der Waals surface area (Å²) in [6.07, 6.45) is 13.9. The van der Waals surface area contributed by atoms with Gasteiger partial charge in [-0.05, 0) is 18.9 Å². The van der Waals surface area contributed by atoms with E-state index in [2.05, 4.69) is 35.5 Å². The molecule has 1 heterocycles. The van der Waals surface area contributed by atoms with Crippen LogP contribution in [0, 0.1) is 0 Å². The molecule has 1 aromatic rings. The normalized spacial score (nSPS) is 10.6. The molecule has 3 nitrogen and oxygen atoms in total. The minimum atomic E-state index is 0.970. The molecule has 120 valence electrons. The van der Waals surface area contributed by atoms with Crippen LogP contribution in [0.5, 0.6) is 0 Å². The highest BCUT2D eigenvalue weighted by atomic mass is 15.0. The minimum Gasteiger partial charge on any atom is -0.385 e. The summed E-state index contributed by atoms with van der Waals surface area (Å²) in [7, 11) is 0. The van der Waals surface area contributed by atoms with Gasteiger partial charge in [-0.1, -0.05) is 58.8 Å². The molecule has 0 aliphatic rings. The Balaban J connectivity index is 2.04. The van der Waals surface area contributed by atoms with Crippen molar-refractivity contribution in [2.24, 2.45) is 0 Å². The second kappa shape index (κ2) is 12.5. The summed E-state index contributed by atoms with van der Waals surface area (Å²) in [6, 6.07) is 4.14. The highest BCUT2D eigenvalue weighted by Gasteiger charge is 1.96. The van der Waals surface area contributed by atoms with Crippen LogP contribution in [0.25, 0.3) is 0 Å². The lowest BCUT2D eigenvalue weighted by Gasteiger charge is -2.09. The van der Waals surface area contributed by atoms with E-state index in [9.17, 15) is 0 Å². The lowest BCUT2D eigenvalue weighted by Crippen LogP contribution is -2.05. The van der Waals surface area contributed by atoms with Crippen molar-refractivity contribution < 1.29 is 0 Å². The average molecular weight is 291 g/mol. The van der Waals surface area contributed by atoms with Crippen LogP contribution >= 0.6 is 0 Å². The lowest BCUT2D eigenvalue weighted by molar-refractivity contribution is 0.581. The molecular weight excluding hydrogens is 258 g/mol. The van der Waals surface area contributed by atoms with Gasteiger partial charge < -0.3 is 10.6 Å². The highest BCUT2D eigenvalue weighted by molar-refractivity contribution is 5.51. The third kappa shape index (κ3) is 9.33. The third-order valence-corrected chi connectivity index (χ3v) is 3.68. The summed E-state index contributed by atoms with van der Waals surface area (Å²) < 4.78 is 0. The van der Waals surface area contributed by atoms with Gasteiger partial charge in [0, 0.05) is 31.0 Å². The van der Waals surface area contributed by atoms with Gasteiger partial charge in [0.05, 0.1) is 0 Å². The van der Waals surface area contributed by atoms with Crippen molar-refractivity contribution in [1.29, 1.82) is 0 Å². The number of unbranched alkanes of at least 4 members (excludes halogenated alkanes) is 7. The van der Waals surface area contributed by atoms with Gasteiger partial charge in [0.1, 0.15) is 5.82 Å². The molecule has 0 bridgehead atoms. The summed E-state index contributed by atoms with van der Waals surface area (Å²) in [5.74, 6) is 0.970. The first kappa shape index (κ1) is 17.8. The Kier molecular flexibility index (Phi) is 10.6. The molecule has 21 heavy (non-hydrogen) atoms. The smallest absolute Gasteiger partial charge is 0.127 e. The molecule has 0 aromatic carbocycles. The van der Waals surface area contributed by atoms with E-state index in [1.807, 2.05) is 12.3 Å². The van der Waals surface area contributed by atoms with Gasteiger partial charge in [-0.15, -0.1) is 0 Å². The average Bonchev–Trinajstić information content (AvgIpc) is 2.52. The Morgan fingerprint density at radius 1 is 0.810 bits per heavy atom. The first-order chi connectivity index (χ1) is 10.4. The summed E-state index contributed by atoms with van der Waals surface area (Å²) in [4.78, 5) is 4.32. The molecule has 0 amide bonds.